The highest BCUT2D eigenvalue weighted by Gasteiger charge is 2.67. The minimum absolute atomic E-state index is 0.00231. The first-order chi connectivity index (χ1) is 28.3. The van der Waals surface area contributed by atoms with Gasteiger partial charge in [-0.15, -0.1) is 0 Å². The number of amides is 3. The van der Waals surface area contributed by atoms with Crippen LogP contribution in [0.25, 0.3) is 10.9 Å². The van der Waals surface area contributed by atoms with E-state index < -0.39 is 30.6 Å². The van der Waals surface area contributed by atoms with Crippen LogP contribution < -0.4 is 20.1 Å². The van der Waals surface area contributed by atoms with Gasteiger partial charge >= 0.3 is 0 Å². The lowest BCUT2D eigenvalue weighted by atomic mass is 9.82. The molecule has 5 atom stereocenters. The van der Waals surface area contributed by atoms with Gasteiger partial charge in [0, 0.05) is 52.9 Å². The van der Waals surface area contributed by atoms with Crippen molar-refractivity contribution in [2.45, 2.75) is 75.5 Å². The number of rotatable bonds is 12. The molecule has 3 amide bonds. The summed E-state index contributed by atoms with van der Waals surface area (Å²) < 4.78 is 12.6. The number of carbonyl (C=O) groups is 3. The van der Waals surface area contributed by atoms with E-state index in [0.717, 1.165) is 33.6 Å². The Hall–Kier alpha value is -5.83. The summed E-state index contributed by atoms with van der Waals surface area (Å²) in [4.78, 5) is 61.1. The number of aromatic nitrogens is 1. The number of para-hydroxylation sites is 1. The first-order valence-electron chi connectivity index (χ1n) is 20.1. The average Bonchev–Trinajstić information content (AvgIpc) is 3.99. The lowest BCUT2D eigenvalue weighted by molar-refractivity contribution is -0.385. The monoisotopic (exact) mass is 815 g/mol. The number of hydrogen-bond acceptors (Lipinski definition) is 8. The van der Waals surface area contributed by atoms with Crippen molar-refractivity contribution in [1.29, 1.82) is 0 Å². The van der Waals surface area contributed by atoms with Gasteiger partial charge in [0.1, 0.15) is 5.75 Å². The van der Waals surface area contributed by atoms with Crippen molar-refractivity contribution in [1.82, 2.24) is 9.88 Å². The predicted octanol–water partition coefficient (Wildman–Crippen LogP) is 6.40. The molecule has 14 heteroatoms. The van der Waals surface area contributed by atoms with Gasteiger partial charge in [0.25, 0.3) is 11.6 Å². The lowest BCUT2D eigenvalue weighted by Crippen LogP contribution is -2.52. The number of aliphatic hydroxyl groups is 1. The Bertz CT molecular complexity index is 2430. The van der Waals surface area contributed by atoms with E-state index in [2.05, 4.69) is 23.4 Å². The maximum absolute atomic E-state index is 15.3. The molecule has 0 aliphatic carbocycles. The largest absolute Gasteiger partial charge is 0.497 e. The number of aliphatic hydroxyl groups excluding tert-OH is 1. The van der Waals surface area contributed by atoms with Gasteiger partial charge in [0.05, 0.1) is 63.9 Å². The number of fused-ring (bicyclic) bond motifs is 3. The molecule has 2 fully saturated rings. The van der Waals surface area contributed by atoms with Crippen LogP contribution in [-0.2, 0) is 37.7 Å². The number of nitro groups is 1. The number of carbonyl (C=O) groups excluding carboxylic acids is 3. The number of benzene rings is 4. The summed E-state index contributed by atoms with van der Waals surface area (Å²) in [6.07, 6.45) is 2.81. The number of nitrogens with one attached hydrogen (secondary N) is 2. The van der Waals surface area contributed by atoms with Crippen molar-refractivity contribution >= 4 is 58.9 Å². The average molecular weight is 816 g/mol. The Balaban J connectivity index is 1.13. The summed E-state index contributed by atoms with van der Waals surface area (Å²) in [7, 11) is -1.01. The number of nitrogens with zero attached hydrogens (tertiary/aromatic N) is 3. The van der Waals surface area contributed by atoms with Gasteiger partial charge in [-0.2, -0.15) is 0 Å². The fourth-order valence-electron chi connectivity index (χ4n) is 10.0. The third kappa shape index (κ3) is 7.08. The molecular weight excluding hydrogens is 767 g/mol. The fraction of sp³-hybridized carbons (Fsp3) is 0.356. The van der Waals surface area contributed by atoms with E-state index in [1.165, 1.54) is 12.1 Å². The van der Waals surface area contributed by atoms with E-state index >= 15 is 4.79 Å². The molecule has 1 spiro atoms. The molecular formula is C45H49N5O8Si. The molecule has 5 aromatic rings. The molecule has 3 aliphatic heterocycles. The number of likely N-dealkylation sites (tertiary alicyclic amines) is 1. The molecule has 306 valence electrons. The second kappa shape index (κ2) is 15.7. The zero-order valence-corrected chi connectivity index (χ0v) is 34.6. The molecule has 3 N–H and O–H groups in total. The maximum Gasteiger partial charge on any atom is 0.269 e. The van der Waals surface area contributed by atoms with Gasteiger partial charge in [-0.3, -0.25) is 24.5 Å². The lowest BCUT2D eigenvalue weighted by Gasteiger charge is -2.37. The van der Waals surface area contributed by atoms with Crippen molar-refractivity contribution in [3.8, 4) is 5.75 Å². The summed E-state index contributed by atoms with van der Waals surface area (Å²) in [5.74, 6) is -0.482. The summed E-state index contributed by atoms with van der Waals surface area (Å²) >= 11 is 0. The molecule has 1 aromatic heterocycles. The molecule has 59 heavy (non-hydrogen) atoms. The molecule has 13 nitrogen and oxygen atoms in total. The Labute approximate surface area is 343 Å². The number of non-ortho nitro benzene ring substituents is 1. The second-order valence-electron chi connectivity index (χ2n) is 16.6. The van der Waals surface area contributed by atoms with E-state index in [1.807, 2.05) is 79.9 Å². The van der Waals surface area contributed by atoms with Crippen molar-refractivity contribution in [3.05, 3.63) is 124 Å². The quantitative estimate of drug-likeness (QED) is 0.0739. The zero-order valence-electron chi connectivity index (χ0n) is 33.6. The predicted molar refractivity (Wildman–Crippen MR) is 227 cm³/mol. The first-order valence-corrected chi connectivity index (χ1v) is 23.2. The Morgan fingerprint density at radius 3 is 2.59 bits per heavy atom. The van der Waals surface area contributed by atoms with Crippen molar-refractivity contribution in [2.75, 3.05) is 30.5 Å². The van der Waals surface area contributed by atoms with Gasteiger partial charge in [-0.25, -0.2) is 0 Å². The molecule has 0 saturated carbocycles. The Kier molecular flexibility index (Phi) is 10.7. The van der Waals surface area contributed by atoms with E-state index in [0.29, 0.717) is 35.7 Å². The molecule has 3 aliphatic rings. The third-order valence-electron chi connectivity index (χ3n) is 12.9. The summed E-state index contributed by atoms with van der Waals surface area (Å²) in [6.45, 7) is 6.91. The normalized spacial score (nSPS) is 22.6. The highest BCUT2D eigenvalue weighted by Crippen LogP contribution is 2.60. The Morgan fingerprint density at radius 1 is 1.07 bits per heavy atom. The summed E-state index contributed by atoms with van der Waals surface area (Å²) in [5, 5.41) is 27.4. The van der Waals surface area contributed by atoms with Crippen LogP contribution in [0, 0.1) is 16.0 Å². The highest BCUT2D eigenvalue weighted by molar-refractivity contribution is 6.91. The number of ether oxygens (including phenoxy) is 2. The summed E-state index contributed by atoms with van der Waals surface area (Å²) in [5.41, 5.74) is 1.96. The van der Waals surface area contributed by atoms with Crippen LogP contribution in [0.2, 0.25) is 18.6 Å². The topological polar surface area (TPSA) is 167 Å². The Morgan fingerprint density at radius 2 is 1.85 bits per heavy atom. The van der Waals surface area contributed by atoms with Crippen LogP contribution in [-0.4, -0.2) is 78.1 Å². The van der Waals surface area contributed by atoms with Gasteiger partial charge in [0.15, 0.2) is 5.60 Å². The third-order valence-corrected chi connectivity index (χ3v) is 17.3. The second-order valence-corrected chi connectivity index (χ2v) is 21.2. The van der Waals surface area contributed by atoms with Gasteiger partial charge in [-0.1, -0.05) is 67.7 Å². The molecule has 0 radical (unpaired) electrons. The van der Waals surface area contributed by atoms with Crippen LogP contribution in [0.3, 0.4) is 0 Å². The SMILES string of the molecule is COc1ccc([Si](C)(C)[C@@H]2[C@@H](CC(=O)N3CCC[C@H]3CO)O[C@]3(C(=O)N(Cc4cccc(NC(=O)Cc5c[nH]c6ccccc56)c4)c4ccc([N+](=O)[O-])cc43)[C@H]2C)cc1. The number of methoxy groups -OCH3 is 1. The minimum atomic E-state index is -2.63. The van der Waals surface area contributed by atoms with Crippen molar-refractivity contribution < 1.29 is 33.9 Å². The molecule has 4 heterocycles. The molecule has 0 unspecified atom stereocenters. The number of aromatic amines is 1. The molecule has 2 saturated heterocycles. The van der Waals surface area contributed by atoms with Crippen molar-refractivity contribution in [2.24, 2.45) is 5.92 Å². The van der Waals surface area contributed by atoms with Crippen LogP contribution in [0.15, 0.2) is 97.2 Å². The molecule has 4 aromatic carbocycles. The fourth-order valence-corrected chi connectivity index (χ4v) is 14.0. The van der Waals surface area contributed by atoms with Crippen LogP contribution >= 0.6 is 0 Å². The maximum atomic E-state index is 15.3. The van der Waals surface area contributed by atoms with E-state index in [-0.39, 0.29) is 61.0 Å². The van der Waals surface area contributed by atoms with Gasteiger partial charge in [0.2, 0.25) is 11.8 Å². The highest BCUT2D eigenvalue weighted by atomic mass is 28.3. The van der Waals surface area contributed by atoms with E-state index in [9.17, 15) is 24.8 Å². The molecule has 0 bridgehead atoms. The van der Waals surface area contributed by atoms with Gasteiger partial charge < -0.3 is 34.7 Å². The van der Waals surface area contributed by atoms with Crippen LogP contribution in [0.5, 0.6) is 5.75 Å². The summed E-state index contributed by atoms with van der Waals surface area (Å²) in [6, 6.07) is 27.2. The van der Waals surface area contributed by atoms with Crippen molar-refractivity contribution in [3.63, 3.8) is 0 Å². The first kappa shape index (κ1) is 40.0. The van der Waals surface area contributed by atoms with Gasteiger partial charge in [-0.05, 0) is 65.9 Å². The zero-order chi connectivity index (χ0) is 41.6. The van der Waals surface area contributed by atoms with Crippen LogP contribution in [0.1, 0.15) is 42.9 Å². The molecule has 8 rings (SSSR count). The minimum Gasteiger partial charge on any atom is -0.497 e. The van der Waals surface area contributed by atoms with Crippen LogP contribution in [0.4, 0.5) is 17.1 Å². The van der Waals surface area contributed by atoms with E-state index in [1.54, 1.807) is 29.0 Å². The number of H-pyrrole nitrogens is 1. The number of nitro benzene ring substituents is 1. The number of anilines is 2. The smallest absolute Gasteiger partial charge is 0.269 e. The standard InChI is InChI=1S/C45H49N5O8Si/c1-28-43(59(3,4)35-17-15-34(57-2)16-18-35)40(24-42(53)48-20-8-11-33(48)27-51)58-45(28)37-23-32(50(55)56)14-19-39(37)49(44(45)54)26-29-9-7-10-31(21-29)47-41(52)22-30-25-46-38-13-6-5-12-36(30)38/h5-7,9-10,12-19,21,23,25,28,33,40,43,46,51H,8,11,20,22,24,26-27H2,1-4H3,(H,47,52)/t28-,33-,40+,43-,45+/m0/s1. The van der Waals surface area contributed by atoms with E-state index in [4.69, 9.17) is 9.47 Å². The number of hydrogen-bond donors (Lipinski definition) is 3.